The highest BCUT2D eigenvalue weighted by atomic mass is 32.2. The number of amides is 1. The Balaban J connectivity index is 1.83. The number of rotatable bonds is 12. The van der Waals surface area contributed by atoms with Crippen molar-refractivity contribution < 1.29 is 32.2 Å². The number of sulfonamides is 1. The molecule has 0 saturated carbocycles. The number of benzene rings is 2. The van der Waals surface area contributed by atoms with E-state index in [2.05, 4.69) is 0 Å². The fraction of sp³-hybridized carbons (Fsp3) is 0.381. The first kappa shape index (κ1) is 23.4. The van der Waals surface area contributed by atoms with Crippen LogP contribution in [0.2, 0.25) is 0 Å². The number of hydrogen-bond donors (Lipinski definition) is 0. The number of methoxy groups -OCH3 is 1. The van der Waals surface area contributed by atoms with Gasteiger partial charge in [-0.2, -0.15) is 0 Å². The summed E-state index contributed by atoms with van der Waals surface area (Å²) in [5.41, 5.74) is 0.00770. The summed E-state index contributed by atoms with van der Waals surface area (Å²) in [4.78, 5) is 13.8. The normalized spacial score (nSPS) is 14.5. The zero-order valence-electron chi connectivity index (χ0n) is 17.4. The van der Waals surface area contributed by atoms with Gasteiger partial charge in [0.15, 0.2) is 0 Å². The molecular weight excluding hydrogens is 442 g/mol. The summed E-state index contributed by atoms with van der Waals surface area (Å²) >= 11 is 1.26. The summed E-state index contributed by atoms with van der Waals surface area (Å²) in [6.45, 7) is 3.31. The molecule has 0 radical (unpaired) electrons. The van der Waals surface area contributed by atoms with Crippen LogP contribution in [0, 0.1) is 0 Å². The zero-order chi connectivity index (χ0) is 22.3. The minimum atomic E-state index is -4.09. The van der Waals surface area contributed by atoms with Crippen molar-refractivity contribution in [3.8, 4) is 11.5 Å². The second kappa shape index (κ2) is 10.9. The van der Waals surface area contributed by atoms with Crippen molar-refractivity contribution in [2.75, 3.05) is 46.0 Å². The van der Waals surface area contributed by atoms with Crippen LogP contribution in [0.4, 0.5) is 0 Å². The third-order valence-electron chi connectivity index (χ3n) is 4.38. The maximum Gasteiger partial charge on any atom is 0.273 e. The first-order valence-electron chi connectivity index (χ1n) is 9.75. The lowest BCUT2D eigenvalue weighted by Crippen LogP contribution is -2.29. The number of hydrogen-bond acceptors (Lipinski definition) is 8. The van der Waals surface area contributed by atoms with Crippen LogP contribution in [0.1, 0.15) is 17.3 Å². The minimum absolute atomic E-state index is 0.00770. The molecule has 0 fully saturated rings. The van der Waals surface area contributed by atoms with E-state index in [1.807, 2.05) is 30.3 Å². The molecule has 31 heavy (non-hydrogen) atoms. The Morgan fingerprint density at radius 1 is 0.935 bits per heavy atom. The van der Waals surface area contributed by atoms with Gasteiger partial charge < -0.3 is 18.9 Å². The molecule has 168 valence electrons. The van der Waals surface area contributed by atoms with Crippen molar-refractivity contribution in [2.45, 2.75) is 16.7 Å². The van der Waals surface area contributed by atoms with E-state index in [9.17, 15) is 13.2 Å². The Hall–Kier alpha value is -2.27. The average molecular weight is 468 g/mol. The van der Waals surface area contributed by atoms with E-state index >= 15 is 0 Å². The Morgan fingerprint density at radius 2 is 1.65 bits per heavy atom. The molecule has 1 heterocycles. The molecule has 2 aromatic carbocycles. The summed E-state index contributed by atoms with van der Waals surface area (Å²) in [6.07, 6.45) is 0. The van der Waals surface area contributed by atoms with Crippen molar-refractivity contribution in [3.05, 3.63) is 48.0 Å². The van der Waals surface area contributed by atoms with Gasteiger partial charge in [-0.15, -0.1) is 11.8 Å². The number of thioether (sulfide) groups is 1. The van der Waals surface area contributed by atoms with E-state index in [4.69, 9.17) is 18.9 Å². The second-order valence-corrected chi connectivity index (χ2v) is 9.22. The molecule has 0 atom stereocenters. The third-order valence-corrected chi connectivity index (χ3v) is 7.33. The largest absolute Gasteiger partial charge is 0.493 e. The van der Waals surface area contributed by atoms with Crippen molar-refractivity contribution in [3.63, 3.8) is 0 Å². The monoisotopic (exact) mass is 467 g/mol. The fourth-order valence-corrected chi connectivity index (χ4v) is 5.77. The zero-order valence-corrected chi connectivity index (χ0v) is 19.0. The number of carbonyl (C=O) groups excluding carboxylic acids is 1. The Labute approximate surface area is 186 Å². The van der Waals surface area contributed by atoms with Gasteiger partial charge in [-0.25, -0.2) is 12.7 Å². The van der Waals surface area contributed by atoms with Crippen LogP contribution >= 0.6 is 11.8 Å². The number of ether oxygens (including phenoxy) is 4. The SMILES string of the molecule is CCOc1ccc(OCCOCCOC)c2c1C(=O)N(CSc1ccccc1)S2(=O)=O. The van der Waals surface area contributed by atoms with E-state index < -0.39 is 15.9 Å². The Kier molecular flexibility index (Phi) is 8.19. The van der Waals surface area contributed by atoms with Gasteiger partial charge in [0, 0.05) is 12.0 Å². The van der Waals surface area contributed by atoms with Gasteiger partial charge in [0.25, 0.3) is 15.9 Å². The molecule has 10 heteroatoms. The van der Waals surface area contributed by atoms with Gasteiger partial charge in [0.1, 0.15) is 28.6 Å². The second-order valence-electron chi connectivity index (χ2n) is 6.40. The van der Waals surface area contributed by atoms with E-state index in [1.54, 1.807) is 20.1 Å². The van der Waals surface area contributed by atoms with Crippen LogP contribution in [0.15, 0.2) is 52.3 Å². The molecule has 0 saturated heterocycles. The highest BCUT2D eigenvalue weighted by Gasteiger charge is 2.46. The molecule has 0 aliphatic carbocycles. The van der Waals surface area contributed by atoms with Gasteiger partial charge in [-0.05, 0) is 31.2 Å². The molecule has 0 bridgehead atoms. The van der Waals surface area contributed by atoms with Gasteiger partial charge in [-0.1, -0.05) is 18.2 Å². The maximum absolute atomic E-state index is 13.3. The van der Waals surface area contributed by atoms with Crippen molar-refractivity contribution in [1.29, 1.82) is 0 Å². The molecule has 1 aliphatic heterocycles. The van der Waals surface area contributed by atoms with E-state index in [-0.39, 0.29) is 41.0 Å². The van der Waals surface area contributed by atoms with Gasteiger partial charge in [0.2, 0.25) is 0 Å². The highest BCUT2D eigenvalue weighted by Crippen LogP contribution is 2.43. The van der Waals surface area contributed by atoms with Gasteiger partial charge in [0.05, 0.1) is 32.3 Å². The van der Waals surface area contributed by atoms with E-state index in [1.165, 1.54) is 17.8 Å². The standard InChI is InChI=1S/C21H25NO7S2/c1-3-28-17-9-10-18(29-14-13-27-12-11-26-2)20-19(17)21(23)22(31(20,24)25)15-30-16-7-5-4-6-8-16/h4-10H,3,11-15H2,1-2H3. The Morgan fingerprint density at radius 3 is 2.35 bits per heavy atom. The van der Waals surface area contributed by atoms with Crippen molar-refractivity contribution in [1.82, 2.24) is 4.31 Å². The van der Waals surface area contributed by atoms with Crippen LogP contribution < -0.4 is 9.47 Å². The molecular formula is C21H25NO7S2. The molecule has 0 unspecified atom stereocenters. The topological polar surface area (TPSA) is 91.4 Å². The third kappa shape index (κ3) is 5.32. The smallest absolute Gasteiger partial charge is 0.273 e. The number of carbonyl (C=O) groups is 1. The first-order valence-corrected chi connectivity index (χ1v) is 12.2. The molecule has 8 nitrogen and oxygen atoms in total. The average Bonchev–Trinajstić information content (AvgIpc) is 2.97. The lowest BCUT2D eigenvalue weighted by atomic mass is 10.1. The van der Waals surface area contributed by atoms with Crippen LogP contribution in [-0.4, -0.2) is 64.7 Å². The molecule has 2 aromatic rings. The highest BCUT2D eigenvalue weighted by molar-refractivity contribution is 8.00. The molecule has 0 spiro atoms. The first-order chi connectivity index (χ1) is 15.0. The Bertz CT molecular complexity index is 996. The minimum Gasteiger partial charge on any atom is -0.493 e. The van der Waals surface area contributed by atoms with Gasteiger partial charge in [-0.3, -0.25) is 4.79 Å². The number of fused-ring (bicyclic) bond motifs is 1. The van der Waals surface area contributed by atoms with E-state index in [0.717, 1.165) is 9.20 Å². The van der Waals surface area contributed by atoms with Crippen LogP contribution in [0.3, 0.4) is 0 Å². The molecule has 0 aromatic heterocycles. The summed E-state index contributed by atoms with van der Waals surface area (Å²) < 4.78 is 48.9. The van der Waals surface area contributed by atoms with E-state index in [0.29, 0.717) is 19.8 Å². The maximum atomic E-state index is 13.3. The summed E-state index contributed by atoms with van der Waals surface area (Å²) in [7, 11) is -2.52. The van der Waals surface area contributed by atoms with Crippen LogP contribution in [0.5, 0.6) is 11.5 Å². The summed E-state index contributed by atoms with van der Waals surface area (Å²) in [5.74, 6) is -0.342. The van der Waals surface area contributed by atoms with Crippen molar-refractivity contribution >= 4 is 27.7 Å². The molecule has 0 N–H and O–H groups in total. The molecule has 1 amide bonds. The fourth-order valence-electron chi connectivity index (χ4n) is 2.97. The van der Waals surface area contributed by atoms with Crippen LogP contribution in [0.25, 0.3) is 0 Å². The predicted octanol–water partition coefficient (Wildman–Crippen LogP) is 3.02. The molecule has 3 rings (SSSR count). The summed E-state index contributed by atoms with van der Waals surface area (Å²) in [6, 6.07) is 12.4. The van der Waals surface area contributed by atoms with Crippen molar-refractivity contribution in [2.24, 2.45) is 0 Å². The lowest BCUT2D eigenvalue weighted by Gasteiger charge is -2.15. The number of nitrogens with zero attached hydrogens (tertiary/aromatic N) is 1. The predicted molar refractivity (Wildman–Crippen MR) is 116 cm³/mol. The quantitative estimate of drug-likeness (QED) is 0.348. The lowest BCUT2D eigenvalue weighted by molar-refractivity contribution is 0.0539. The molecule has 1 aliphatic rings. The van der Waals surface area contributed by atoms with Gasteiger partial charge >= 0.3 is 0 Å². The van der Waals surface area contributed by atoms with Crippen LogP contribution in [-0.2, 0) is 19.5 Å². The summed E-state index contributed by atoms with van der Waals surface area (Å²) in [5, 5.41) is 0.